The molecule has 3 aromatic rings. The molecule has 0 bridgehead atoms. The zero-order valence-electron chi connectivity index (χ0n) is 21.5. The van der Waals surface area contributed by atoms with Crippen LogP contribution in [0, 0.1) is 40.1 Å². The predicted octanol–water partition coefficient (Wildman–Crippen LogP) is 4.71. The summed E-state index contributed by atoms with van der Waals surface area (Å²) in [6.45, 7) is -0.822. The first-order valence-corrected chi connectivity index (χ1v) is 11.8. The van der Waals surface area contributed by atoms with E-state index < -0.39 is 70.3 Å². The van der Waals surface area contributed by atoms with Crippen LogP contribution in [0.4, 0.5) is 34.1 Å². The van der Waals surface area contributed by atoms with Crippen molar-refractivity contribution in [3.63, 3.8) is 0 Å². The maximum absolute atomic E-state index is 16.7. The number of carboxylic acid groups (broad SMARTS) is 2. The van der Waals surface area contributed by atoms with Crippen molar-refractivity contribution < 1.29 is 56.7 Å². The average molecular weight is 596 g/mol. The van der Waals surface area contributed by atoms with Gasteiger partial charge in [-0.1, -0.05) is 0 Å². The molecule has 2 amide bonds. The minimum absolute atomic E-state index is 0.0680. The number of nitrogens with zero attached hydrogens (tertiary/aromatic N) is 2. The van der Waals surface area contributed by atoms with Gasteiger partial charge in [-0.15, -0.1) is 0 Å². The molecule has 2 heterocycles. The van der Waals surface area contributed by atoms with Crippen LogP contribution >= 0.6 is 0 Å². The van der Waals surface area contributed by atoms with Crippen molar-refractivity contribution >= 4 is 29.5 Å². The molecule has 2 aliphatic heterocycles. The van der Waals surface area contributed by atoms with Gasteiger partial charge in [0.15, 0.2) is 17.2 Å². The number of benzene rings is 3. The highest BCUT2D eigenvalue weighted by molar-refractivity contribution is 5.98. The van der Waals surface area contributed by atoms with E-state index in [4.69, 9.17) is 24.4 Å². The van der Waals surface area contributed by atoms with Crippen molar-refractivity contribution in [2.45, 2.75) is 11.2 Å². The monoisotopic (exact) mass is 596 g/mol. The molecule has 0 atom stereocenters. The largest absolute Gasteiger partial charge is 0.465 e. The lowest BCUT2D eigenvalue weighted by molar-refractivity contribution is -0.0862. The highest BCUT2D eigenvalue weighted by Crippen LogP contribution is 2.58. The normalized spacial score (nSPS) is 13.9. The molecular weight excluding hydrogens is 581 g/mol. The summed E-state index contributed by atoms with van der Waals surface area (Å²) in [5, 5.41) is 42.0. The number of carbonyl (C=O) groups excluding carboxylic acids is 1. The molecule has 0 aliphatic carbocycles. The molecule has 0 aromatic heterocycles. The maximum Gasteiger partial charge on any atom is 0.409 e. The Morgan fingerprint density at radius 3 is 1.95 bits per heavy atom. The second-order valence-electron chi connectivity index (χ2n) is 8.98. The highest BCUT2D eigenvalue weighted by atomic mass is 19.2. The number of hydrogen-bond acceptors (Lipinski definition) is 9. The van der Waals surface area contributed by atoms with Gasteiger partial charge < -0.3 is 29.2 Å². The zero-order chi connectivity index (χ0) is 31.3. The van der Waals surface area contributed by atoms with E-state index in [1.807, 2.05) is 0 Å². The summed E-state index contributed by atoms with van der Waals surface area (Å²) in [5.41, 5.74) is -9.77. The first-order valence-electron chi connectivity index (χ1n) is 11.8. The number of rotatable bonds is 6. The fraction of sp³-hybridized carbons (Fsp3) is 0.148. The zero-order valence-corrected chi connectivity index (χ0v) is 21.5. The Labute approximate surface area is 238 Å². The third-order valence-electron chi connectivity index (χ3n) is 6.63. The van der Waals surface area contributed by atoms with E-state index in [1.54, 1.807) is 0 Å². The van der Waals surface area contributed by atoms with E-state index in [-0.39, 0.29) is 34.0 Å². The number of nitriles is 2. The number of ether oxygens (including phenoxy) is 4. The van der Waals surface area contributed by atoms with E-state index in [0.29, 0.717) is 0 Å². The first-order chi connectivity index (χ1) is 20.4. The lowest BCUT2D eigenvalue weighted by Gasteiger charge is -2.37. The Morgan fingerprint density at radius 2 is 1.49 bits per heavy atom. The van der Waals surface area contributed by atoms with Crippen molar-refractivity contribution in [3.8, 4) is 23.6 Å². The van der Waals surface area contributed by atoms with Gasteiger partial charge in [0.05, 0.1) is 11.1 Å². The Bertz CT molecular complexity index is 1750. The lowest BCUT2D eigenvalue weighted by Crippen LogP contribution is -2.36. The van der Waals surface area contributed by atoms with Crippen molar-refractivity contribution in [3.05, 3.63) is 81.7 Å². The summed E-state index contributed by atoms with van der Waals surface area (Å²) in [5.74, 6) is -7.84. The standard InChI is InChI=1S/C27H15F3N4O9/c1-40-10-41-26(8-31,9-32)19-21(29)18-17(20(28)22(19)30)23(35)43-27(18)13-4-2-11(33-24(36)37)6-15(13)42-16-7-12(34-25(38)39)3-5-14(16)27/h2-7,33-34H,10H2,1H3,(H,36,37)(H,38,39). The van der Waals surface area contributed by atoms with Gasteiger partial charge in [-0.05, 0) is 24.3 Å². The van der Waals surface area contributed by atoms with Crippen molar-refractivity contribution in [1.29, 1.82) is 10.5 Å². The van der Waals surface area contributed by atoms with Gasteiger partial charge >= 0.3 is 18.2 Å². The number of carbonyl (C=O) groups is 3. The van der Waals surface area contributed by atoms with E-state index in [0.717, 1.165) is 19.2 Å². The van der Waals surface area contributed by atoms with Crippen LogP contribution in [0.1, 0.15) is 32.6 Å². The molecule has 0 saturated carbocycles. The van der Waals surface area contributed by atoms with Crippen LogP contribution in [0.3, 0.4) is 0 Å². The SMILES string of the molecule is COCOC(C#N)(C#N)c1c(F)c(F)c2c(c1F)C1(OC2=O)c2ccc(NC(=O)O)cc2Oc2cc(NC(=O)O)ccc21. The minimum atomic E-state index is -3.10. The quantitative estimate of drug-likeness (QED) is 0.174. The van der Waals surface area contributed by atoms with Crippen LogP contribution in [-0.2, 0) is 25.4 Å². The summed E-state index contributed by atoms with van der Waals surface area (Å²) in [6.07, 6.45) is -2.94. The van der Waals surface area contributed by atoms with E-state index in [9.17, 15) is 24.9 Å². The molecule has 43 heavy (non-hydrogen) atoms. The predicted molar refractivity (Wildman–Crippen MR) is 134 cm³/mol. The number of anilines is 2. The maximum atomic E-state index is 16.7. The van der Waals surface area contributed by atoms with Crippen LogP contribution < -0.4 is 15.4 Å². The van der Waals surface area contributed by atoms with Gasteiger partial charge in [0, 0.05) is 41.7 Å². The van der Waals surface area contributed by atoms with E-state index in [1.165, 1.54) is 36.4 Å². The van der Waals surface area contributed by atoms with Crippen LogP contribution in [0.25, 0.3) is 0 Å². The number of halogens is 3. The third-order valence-corrected chi connectivity index (χ3v) is 6.63. The third kappa shape index (κ3) is 4.21. The molecule has 3 aromatic carbocycles. The smallest absolute Gasteiger partial charge is 0.409 e. The van der Waals surface area contributed by atoms with Crippen LogP contribution in [-0.4, -0.2) is 42.3 Å². The van der Waals surface area contributed by atoms with Crippen LogP contribution in [0.15, 0.2) is 36.4 Å². The molecule has 1 spiro atoms. The number of esters is 1. The molecular formula is C27H15F3N4O9. The molecule has 13 nitrogen and oxygen atoms in total. The summed E-state index contributed by atoms with van der Waals surface area (Å²) < 4.78 is 69.1. The van der Waals surface area contributed by atoms with E-state index >= 15 is 13.2 Å². The fourth-order valence-electron chi connectivity index (χ4n) is 4.99. The molecule has 2 aliphatic rings. The van der Waals surface area contributed by atoms with Gasteiger partial charge in [0.25, 0.3) is 5.60 Å². The Morgan fingerprint density at radius 1 is 0.953 bits per heavy atom. The molecule has 0 fully saturated rings. The molecule has 0 unspecified atom stereocenters. The topological polar surface area (TPSA) is 200 Å². The Balaban J connectivity index is 1.90. The second kappa shape index (κ2) is 10.2. The number of methoxy groups -OCH3 is 1. The number of nitrogens with one attached hydrogen (secondary N) is 2. The number of fused-ring (bicyclic) bond motifs is 6. The van der Waals surface area contributed by atoms with Gasteiger partial charge in [-0.25, -0.2) is 27.6 Å². The highest BCUT2D eigenvalue weighted by Gasteiger charge is 2.59. The fourth-order valence-corrected chi connectivity index (χ4v) is 4.99. The number of hydrogen-bond donors (Lipinski definition) is 4. The summed E-state index contributed by atoms with van der Waals surface area (Å²) in [6, 6.07) is 9.58. The number of amides is 2. The van der Waals surface area contributed by atoms with Gasteiger partial charge in [-0.3, -0.25) is 10.6 Å². The summed E-state index contributed by atoms with van der Waals surface area (Å²) in [7, 11) is 1.09. The first kappa shape index (κ1) is 28.7. The minimum Gasteiger partial charge on any atom is -0.465 e. The molecule has 16 heteroatoms. The molecule has 218 valence electrons. The molecule has 0 radical (unpaired) electrons. The van der Waals surface area contributed by atoms with Gasteiger partial charge in [0.2, 0.25) is 0 Å². The summed E-state index contributed by atoms with van der Waals surface area (Å²) in [4.78, 5) is 35.6. The van der Waals surface area contributed by atoms with Crippen molar-refractivity contribution in [2.75, 3.05) is 24.5 Å². The van der Waals surface area contributed by atoms with Crippen LogP contribution in [0.2, 0.25) is 0 Å². The lowest BCUT2D eigenvalue weighted by atomic mass is 9.75. The van der Waals surface area contributed by atoms with Gasteiger partial charge in [0.1, 0.15) is 41.8 Å². The molecule has 0 saturated heterocycles. The van der Waals surface area contributed by atoms with Gasteiger partial charge in [-0.2, -0.15) is 10.5 Å². The Kier molecular flexibility index (Phi) is 6.81. The van der Waals surface area contributed by atoms with Crippen LogP contribution in [0.5, 0.6) is 11.5 Å². The van der Waals surface area contributed by atoms with E-state index in [2.05, 4.69) is 15.4 Å². The average Bonchev–Trinajstić information content (AvgIpc) is 3.26. The summed E-state index contributed by atoms with van der Waals surface area (Å²) >= 11 is 0. The Hall–Kier alpha value is -5.84. The van der Waals surface area contributed by atoms with Crippen molar-refractivity contribution in [1.82, 2.24) is 0 Å². The second-order valence-corrected chi connectivity index (χ2v) is 8.98. The molecule has 4 N–H and O–H groups in total. The molecule has 5 rings (SSSR count). The van der Waals surface area contributed by atoms with Crippen molar-refractivity contribution in [2.24, 2.45) is 0 Å².